The standard InChI is InChI=1S/C7H13NO3/c1-11-4-6-5(7(9)10)2-3-8-6/h5-6,8H,2-4H2,1H3,(H,9,10). The van der Waals surface area contributed by atoms with Crippen molar-refractivity contribution in [3.8, 4) is 0 Å². The molecule has 0 aromatic carbocycles. The number of nitrogens with one attached hydrogen (secondary N) is 1. The molecule has 0 radical (unpaired) electrons. The molecule has 64 valence electrons. The Labute approximate surface area is 65.5 Å². The Hall–Kier alpha value is -0.610. The highest BCUT2D eigenvalue weighted by atomic mass is 16.5. The van der Waals surface area contributed by atoms with E-state index in [4.69, 9.17) is 9.84 Å². The average molecular weight is 159 g/mol. The van der Waals surface area contributed by atoms with Gasteiger partial charge in [0.1, 0.15) is 0 Å². The van der Waals surface area contributed by atoms with Crippen molar-refractivity contribution in [3.63, 3.8) is 0 Å². The third-order valence-electron chi connectivity index (χ3n) is 2.01. The monoisotopic (exact) mass is 159 g/mol. The van der Waals surface area contributed by atoms with Gasteiger partial charge in [-0.15, -0.1) is 0 Å². The summed E-state index contributed by atoms with van der Waals surface area (Å²) in [7, 11) is 1.58. The number of rotatable bonds is 3. The lowest BCUT2D eigenvalue weighted by atomic mass is 10.0. The van der Waals surface area contributed by atoms with Crippen molar-refractivity contribution < 1.29 is 14.6 Å². The second-order valence-corrected chi connectivity index (χ2v) is 2.75. The fourth-order valence-electron chi connectivity index (χ4n) is 1.42. The van der Waals surface area contributed by atoms with Crippen molar-refractivity contribution in [2.24, 2.45) is 5.92 Å². The number of carbonyl (C=O) groups is 1. The topological polar surface area (TPSA) is 58.6 Å². The molecular formula is C7H13NO3. The zero-order chi connectivity index (χ0) is 8.27. The normalized spacial score (nSPS) is 30.6. The first kappa shape index (κ1) is 8.49. The Morgan fingerprint density at radius 3 is 3.09 bits per heavy atom. The summed E-state index contributed by atoms with van der Waals surface area (Å²) in [6.45, 7) is 1.27. The van der Waals surface area contributed by atoms with Gasteiger partial charge in [0.25, 0.3) is 0 Å². The van der Waals surface area contributed by atoms with Gasteiger partial charge in [0.15, 0.2) is 0 Å². The van der Waals surface area contributed by atoms with E-state index in [2.05, 4.69) is 5.32 Å². The molecule has 4 nitrogen and oxygen atoms in total. The van der Waals surface area contributed by atoms with Crippen molar-refractivity contribution in [3.05, 3.63) is 0 Å². The smallest absolute Gasteiger partial charge is 0.308 e. The molecule has 0 spiro atoms. The SMILES string of the molecule is COCC1NCCC1C(=O)O. The molecule has 1 saturated heterocycles. The number of aliphatic carboxylic acids is 1. The van der Waals surface area contributed by atoms with Gasteiger partial charge in [0.2, 0.25) is 0 Å². The maximum atomic E-state index is 10.6. The molecule has 1 rings (SSSR count). The molecule has 2 unspecified atom stereocenters. The van der Waals surface area contributed by atoms with Crippen LogP contribution in [0.2, 0.25) is 0 Å². The summed E-state index contributed by atoms with van der Waals surface area (Å²) >= 11 is 0. The zero-order valence-electron chi connectivity index (χ0n) is 6.54. The number of ether oxygens (including phenoxy) is 1. The summed E-state index contributed by atoms with van der Waals surface area (Å²) in [5, 5.41) is 11.8. The fraction of sp³-hybridized carbons (Fsp3) is 0.857. The molecule has 1 fully saturated rings. The summed E-state index contributed by atoms with van der Waals surface area (Å²) < 4.78 is 4.88. The van der Waals surface area contributed by atoms with E-state index in [1.54, 1.807) is 7.11 Å². The van der Waals surface area contributed by atoms with Gasteiger partial charge >= 0.3 is 5.97 Å². The highest BCUT2D eigenvalue weighted by molar-refractivity contribution is 5.71. The van der Waals surface area contributed by atoms with Crippen LogP contribution in [-0.4, -0.2) is 37.4 Å². The number of carboxylic acids is 1. The van der Waals surface area contributed by atoms with Crippen molar-refractivity contribution in [1.82, 2.24) is 5.32 Å². The van der Waals surface area contributed by atoms with E-state index in [1.165, 1.54) is 0 Å². The van der Waals surface area contributed by atoms with E-state index in [1.807, 2.05) is 0 Å². The molecule has 11 heavy (non-hydrogen) atoms. The second-order valence-electron chi connectivity index (χ2n) is 2.75. The van der Waals surface area contributed by atoms with Crippen LogP contribution in [-0.2, 0) is 9.53 Å². The van der Waals surface area contributed by atoms with Gasteiger partial charge in [0.05, 0.1) is 12.5 Å². The predicted octanol–water partition coefficient (Wildman–Crippen LogP) is -0.305. The van der Waals surface area contributed by atoms with Crippen LogP contribution in [0.1, 0.15) is 6.42 Å². The molecule has 2 atom stereocenters. The lowest BCUT2D eigenvalue weighted by molar-refractivity contribution is -0.142. The van der Waals surface area contributed by atoms with E-state index < -0.39 is 5.97 Å². The Morgan fingerprint density at radius 1 is 1.82 bits per heavy atom. The molecule has 1 heterocycles. The van der Waals surface area contributed by atoms with Crippen LogP contribution in [0.25, 0.3) is 0 Å². The molecule has 0 saturated carbocycles. The molecular weight excluding hydrogens is 146 g/mol. The largest absolute Gasteiger partial charge is 0.481 e. The van der Waals surface area contributed by atoms with E-state index in [0.717, 1.165) is 6.54 Å². The molecule has 0 aromatic heterocycles. The van der Waals surface area contributed by atoms with E-state index in [0.29, 0.717) is 13.0 Å². The first-order valence-corrected chi connectivity index (χ1v) is 3.71. The van der Waals surface area contributed by atoms with Crippen molar-refractivity contribution in [2.75, 3.05) is 20.3 Å². The maximum absolute atomic E-state index is 10.6. The number of hydrogen-bond donors (Lipinski definition) is 2. The third kappa shape index (κ3) is 1.91. The zero-order valence-corrected chi connectivity index (χ0v) is 6.54. The van der Waals surface area contributed by atoms with Crippen molar-refractivity contribution in [1.29, 1.82) is 0 Å². The van der Waals surface area contributed by atoms with Gasteiger partial charge in [-0.25, -0.2) is 0 Å². The molecule has 4 heteroatoms. The van der Waals surface area contributed by atoms with E-state index in [-0.39, 0.29) is 12.0 Å². The quantitative estimate of drug-likeness (QED) is 0.593. The molecule has 1 aliphatic heterocycles. The van der Waals surface area contributed by atoms with Crippen LogP contribution in [0.15, 0.2) is 0 Å². The second kappa shape index (κ2) is 3.69. The number of carboxylic acid groups (broad SMARTS) is 1. The molecule has 0 amide bonds. The molecule has 0 aliphatic carbocycles. The molecule has 1 aliphatic rings. The Bertz CT molecular complexity index is 149. The predicted molar refractivity (Wildman–Crippen MR) is 39.4 cm³/mol. The minimum Gasteiger partial charge on any atom is -0.481 e. The van der Waals surface area contributed by atoms with Crippen LogP contribution in [0.3, 0.4) is 0 Å². The minimum atomic E-state index is -0.725. The lowest BCUT2D eigenvalue weighted by Gasteiger charge is -2.13. The van der Waals surface area contributed by atoms with Crippen molar-refractivity contribution in [2.45, 2.75) is 12.5 Å². The van der Waals surface area contributed by atoms with E-state index in [9.17, 15) is 4.79 Å². The van der Waals surface area contributed by atoms with Crippen molar-refractivity contribution >= 4 is 5.97 Å². The third-order valence-corrected chi connectivity index (χ3v) is 2.01. The highest BCUT2D eigenvalue weighted by Gasteiger charge is 2.32. The fourth-order valence-corrected chi connectivity index (χ4v) is 1.42. The van der Waals surface area contributed by atoms with Gasteiger partial charge in [-0.3, -0.25) is 4.79 Å². The molecule has 2 N–H and O–H groups in total. The summed E-state index contributed by atoms with van der Waals surface area (Å²) in [5.41, 5.74) is 0. The molecule has 0 bridgehead atoms. The summed E-state index contributed by atoms with van der Waals surface area (Å²) in [6.07, 6.45) is 0.712. The van der Waals surface area contributed by atoms with Gasteiger partial charge in [-0.05, 0) is 13.0 Å². The van der Waals surface area contributed by atoms with Crippen LogP contribution < -0.4 is 5.32 Å². The summed E-state index contributed by atoms with van der Waals surface area (Å²) in [5.74, 6) is -0.994. The van der Waals surface area contributed by atoms with Gasteiger partial charge < -0.3 is 15.2 Å². The Kier molecular flexibility index (Phi) is 2.84. The number of hydrogen-bond acceptors (Lipinski definition) is 3. The van der Waals surface area contributed by atoms with E-state index >= 15 is 0 Å². The van der Waals surface area contributed by atoms with Gasteiger partial charge in [0, 0.05) is 13.2 Å². The first-order chi connectivity index (χ1) is 5.25. The van der Waals surface area contributed by atoms with Gasteiger partial charge in [-0.1, -0.05) is 0 Å². The average Bonchev–Trinajstić information content (AvgIpc) is 2.36. The Morgan fingerprint density at radius 2 is 2.55 bits per heavy atom. The lowest BCUT2D eigenvalue weighted by Crippen LogP contribution is -2.35. The van der Waals surface area contributed by atoms with Crippen LogP contribution in [0.4, 0.5) is 0 Å². The number of methoxy groups -OCH3 is 1. The van der Waals surface area contributed by atoms with Gasteiger partial charge in [-0.2, -0.15) is 0 Å². The minimum absolute atomic E-state index is 0.00231. The van der Waals surface area contributed by atoms with Crippen LogP contribution in [0.5, 0.6) is 0 Å². The van der Waals surface area contributed by atoms with Crippen LogP contribution >= 0.6 is 0 Å². The highest BCUT2D eigenvalue weighted by Crippen LogP contribution is 2.15. The first-order valence-electron chi connectivity index (χ1n) is 3.71. The summed E-state index contributed by atoms with van der Waals surface area (Å²) in [4.78, 5) is 10.6. The summed E-state index contributed by atoms with van der Waals surface area (Å²) in [6, 6.07) is -0.00231. The Balaban J connectivity index is 2.44. The molecule has 0 aromatic rings. The maximum Gasteiger partial charge on any atom is 0.308 e. The van der Waals surface area contributed by atoms with Crippen LogP contribution in [0, 0.1) is 5.92 Å².